The number of hydrogen-bond donors (Lipinski definition) is 1. The van der Waals surface area contributed by atoms with Gasteiger partial charge < -0.3 is 9.84 Å². The standard InChI is InChI=1S/C26H23ClN2O4/c1-15(2)16-7-10-18(11-8-16)29-23(20-6-4-5-13-28-20)22(25(31)26(29)32)24(30)17-9-12-21(33-3)19(27)14-17/h4-15,23,30H,1-3H3/b24-22-. The molecule has 168 valence electrons. The molecule has 6 nitrogen and oxygen atoms in total. The first-order chi connectivity index (χ1) is 15.8. The van der Waals surface area contributed by atoms with Crippen molar-refractivity contribution in [2.75, 3.05) is 12.0 Å². The lowest BCUT2D eigenvalue weighted by molar-refractivity contribution is -0.132. The minimum atomic E-state index is -0.892. The Morgan fingerprint density at radius 1 is 1.09 bits per heavy atom. The predicted molar refractivity (Wildman–Crippen MR) is 128 cm³/mol. The summed E-state index contributed by atoms with van der Waals surface area (Å²) >= 11 is 6.23. The highest BCUT2D eigenvalue weighted by Crippen LogP contribution is 2.42. The van der Waals surface area contributed by atoms with Crippen molar-refractivity contribution in [2.45, 2.75) is 25.8 Å². The third-order valence-corrected chi connectivity index (χ3v) is 5.97. The lowest BCUT2D eigenvalue weighted by atomic mass is 9.98. The molecule has 4 rings (SSSR count). The van der Waals surface area contributed by atoms with Gasteiger partial charge in [0.1, 0.15) is 17.6 Å². The van der Waals surface area contributed by atoms with Crippen LogP contribution in [0.2, 0.25) is 5.02 Å². The first-order valence-corrected chi connectivity index (χ1v) is 10.9. The Morgan fingerprint density at radius 3 is 2.39 bits per heavy atom. The van der Waals surface area contributed by atoms with E-state index in [2.05, 4.69) is 18.8 Å². The number of aromatic nitrogens is 1. The van der Waals surface area contributed by atoms with Crippen molar-refractivity contribution in [2.24, 2.45) is 0 Å². The number of nitrogens with zero attached hydrogens (tertiary/aromatic N) is 2. The summed E-state index contributed by atoms with van der Waals surface area (Å²) in [7, 11) is 1.48. The number of ketones is 1. The van der Waals surface area contributed by atoms with Crippen LogP contribution in [0.5, 0.6) is 5.75 Å². The maximum Gasteiger partial charge on any atom is 0.300 e. The smallest absolute Gasteiger partial charge is 0.300 e. The Kier molecular flexibility index (Phi) is 6.20. The number of ether oxygens (including phenoxy) is 1. The zero-order valence-electron chi connectivity index (χ0n) is 18.4. The number of halogens is 1. The molecule has 0 saturated carbocycles. The lowest BCUT2D eigenvalue weighted by Gasteiger charge is -2.25. The number of amides is 1. The molecule has 1 amide bonds. The summed E-state index contributed by atoms with van der Waals surface area (Å²) in [5.41, 5.74) is 2.37. The molecular formula is C26H23ClN2O4. The molecule has 2 aromatic carbocycles. The van der Waals surface area contributed by atoms with E-state index in [9.17, 15) is 14.7 Å². The first-order valence-electron chi connectivity index (χ1n) is 10.5. The van der Waals surface area contributed by atoms with Crippen molar-refractivity contribution in [1.29, 1.82) is 0 Å². The van der Waals surface area contributed by atoms with Crippen LogP contribution in [0.25, 0.3) is 5.76 Å². The molecule has 33 heavy (non-hydrogen) atoms. The van der Waals surface area contributed by atoms with E-state index in [0.717, 1.165) is 5.56 Å². The molecule has 2 heterocycles. The summed E-state index contributed by atoms with van der Waals surface area (Å²) in [6, 6.07) is 16.5. The van der Waals surface area contributed by atoms with E-state index in [1.807, 2.05) is 12.1 Å². The normalized spacial score (nSPS) is 17.6. The number of rotatable bonds is 5. The van der Waals surface area contributed by atoms with Crippen LogP contribution in [-0.4, -0.2) is 28.9 Å². The second-order valence-corrected chi connectivity index (χ2v) is 8.43. The SMILES string of the molecule is COc1ccc(/C(O)=C2/C(=O)C(=O)N(c3ccc(C(C)C)cc3)C2c2ccccn2)cc1Cl. The molecule has 1 atom stereocenters. The van der Waals surface area contributed by atoms with Crippen LogP contribution >= 0.6 is 11.6 Å². The van der Waals surface area contributed by atoms with Gasteiger partial charge in [-0.05, 0) is 53.9 Å². The fourth-order valence-corrected chi connectivity index (χ4v) is 4.16. The van der Waals surface area contributed by atoms with Gasteiger partial charge in [0.05, 0.1) is 23.4 Å². The molecule has 0 spiro atoms. The summed E-state index contributed by atoms with van der Waals surface area (Å²) in [6.07, 6.45) is 1.58. The quantitative estimate of drug-likeness (QED) is 0.308. The minimum absolute atomic E-state index is 0.0483. The van der Waals surface area contributed by atoms with Gasteiger partial charge in [-0.1, -0.05) is 43.6 Å². The molecular weight excluding hydrogens is 440 g/mol. The second kappa shape index (κ2) is 9.08. The molecule has 1 N–H and O–H groups in total. The maximum absolute atomic E-state index is 13.2. The summed E-state index contributed by atoms with van der Waals surface area (Å²) in [4.78, 5) is 32.1. The van der Waals surface area contributed by atoms with Crippen molar-refractivity contribution in [1.82, 2.24) is 4.98 Å². The molecule has 1 aromatic heterocycles. The van der Waals surface area contributed by atoms with Crippen LogP contribution in [-0.2, 0) is 9.59 Å². The highest BCUT2D eigenvalue weighted by Gasteiger charge is 2.47. The molecule has 1 fully saturated rings. The van der Waals surface area contributed by atoms with E-state index in [1.54, 1.807) is 48.7 Å². The molecule has 0 aliphatic carbocycles. The number of benzene rings is 2. The number of aliphatic hydroxyl groups is 1. The van der Waals surface area contributed by atoms with E-state index >= 15 is 0 Å². The zero-order valence-corrected chi connectivity index (χ0v) is 19.2. The van der Waals surface area contributed by atoms with Crippen LogP contribution in [0.1, 0.15) is 42.6 Å². The fraction of sp³-hybridized carbons (Fsp3) is 0.192. The lowest BCUT2D eigenvalue weighted by Crippen LogP contribution is -2.29. The number of carbonyl (C=O) groups is 2. The molecule has 1 aliphatic heterocycles. The monoisotopic (exact) mass is 462 g/mol. The van der Waals surface area contributed by atoms with Crippen molar-refractivity contribution in [3.8, 4) is 5.75 Å². The first kappa shape index (κ1) is 22.6. The van der Waals surface area contributed by atoms with Crippen molar-refractivity contribution in [3.05, 3.63) is 94.3 Å². The maximum atomic E-state index is 13.2. The summed E-state index contributed by atoms with van der Waals surface area (Å²) < 4.78 is 5.17. The molecule has 1 unspecified atom stereocenters. The zero-order chi connectivity index (χ0) is 23.7. The van der Waals surface area contributed by atoms with Gasteiger partial charge in [0.15, 0.2) is 0 Å². The number of hydrogen-bond acceptors (Lipinski definition) is 5. The minimum Gasteiger partial charge on any atom is -0.507 e. The number of methoxy groups -OCH3 is 1. The predicted octanol–water partition coefficient (Wildman–Crippen LogP) is 5.49. The topological polar surface area (TPSA) is 79.7 Å². The van der Waals surface area contributed by atoms with Gasteiger partial charge in [0.25, 0.3) is 11.7 Å². The fourth-order valence-electron chi connectivity index (χ4n) is 3.91. The Labute approximate surface area is 197 Å². The number of Topliss-reactive ketones (excluding diaryl/α,β-unsaturated/α-hetero) is 1. The summed E-state index contributed by atoms with van der Waals surface area (Å²) in [6.45, 7) is 4.16. The van der Waals surface area contributed by atoms with Crippen molar-refractivity contribution >= 4 is 34.7 Å². The highest BCUT2D eigenvalue weighted by molar-refractivity contribution is 6.51. The number of aliphatic hydroxyl groups excluding tert-OH is 1. The Hall–Kier alpha value is -3.64. The van der Waals surface area contributed by atoms with Crippen LogP contribution in [0, 0.1) is 0 Å². The van der Waals surface area contributed by atoms with Gasteiger partial charge in [-0.15, -0.1) is 0 Å². The van der Waals surface area contributed by atoms with Gasteiger partial charge in [0.2, 0.25) is 0 Å². The van der Waals surface area contributed by atoms with Crippen molar-refractivity contribution < 1.29 is 19.4 Å². The van der Waals surface area contributed by atoms with E-state index in [4.69, 9.17) is 16.3 Å². The van der Waals surface area contributed by atoms with Gasteiger partial charge in [-0.2, -0.15) is 0 Å². The largest absolute Gasteiger partial charge is 0.507 e. The van der Waals surface area contributed by atoms with Gasteiger partial charge >= 0.3 is 0 Å². The van der Waals surface area contributed by atoms with Gasteiger partial charge in [-0.3, -0.25) is 19.5 Å². The van der Waals surface area contributed by atoms with E-state index in [1.165, 1.54) is 18.1 Å². The number of carbonyl (C=O) groups excluding carboxylic acids is 2. The Balaban J connectivity index is 1.89. The summed E-state index contributed by atoms with van der Waals surface area (Å²) in [5.74, 6) is -1.09. The van der Waals surface area contributed by atoms with Crippen LogP contribution < -0.4 is 9.64 Å². The number of anilines is 1. The van der Waals surface area contributed by atoms with Crippen LogP contribution in [0.15, 0.2) is 72.4 Å². The van der Waals surface area contributed by atoms with E-state index in [0.29, 0.717) is 28.6 Å². The Bertz CT molecular complexity index is 1240. The van der Waals surface area contributed by atoms with Crippen molar-refractivity contribution in [3.63, 3.8) is 0 Å². The molecule has 0 bridgehead atoms. The average Bonchev–Trinajstić information content (AvgIpc) is 3.09. The van der Waals surface area contributed by atoms with Crippen LogP contribution in [0.3, 0.4) is 0 Å². The average molecular weight is 463 g/mol. The summed E-state index contributed by atoms with van der Waals surface area (Å²) in [5, 5.41) is 11.4. The molecule has 7 heteroatoms. The highest BCUT2D eigenvalue weighted by atomic mass is 35.5. The molecule has 1 aliphatic rings. The van der Waals surface area contributed by atoms with Gasteiger partial charge in [-0.25, -0.2) is 0 Å². The third-order valence-electron chi connectivity index (χ3n) is 5.68. The van der Waals surface area contributed by atoms with Crippen LogP contribution in [0.4, 0.5) is 5.69 Å². The molecule has 1 saturated heterocycles. The van der Waals surface area contributed by atoms with E-state index < -0.39 is 17.7 Å². The second-order valence-electron chi connectivity index (χ2n) is 8.02. The number of pyridine rings is 1. The van der Waals surface area contributed by atoms with E-state index in [-0.39, 0.29) is 16.4 Å². The third kappa shape index (κ3) is 4.10. The Morgan fingerprint density at radius 2 is 1.82 bits per heavy atom. The molecule has 3 aromatic rings. The molecule has 0 radical (unpaired) electrons. The van der Waals surface area contributed by atoms with Gasteiger partial charge in [0, 0.05) is 17.4 Å².